The zero-order valence-corrected chi connectivity index (χ0v) is 14.5. The molecule has 2 heterocycles. The molecule has 1 aromatic carbocycles. The summed E-state index contributed by atoms with van der Waals surface area (Å²) in [5.41, 5.74) is 0.880. The highest BCUT2D eigenvalue weighted by atomic mass is 35.5. The molecular weight excluding hydrogens is 367 g/mol. The average Bonchev–Trinajstić information content (AvgIpc) is 3.11. The quantitative estimate of drug-likeness (QED) is 0.731. The van der Waals surface area contributed by atoms with Crippen LogP contribution in [-0.4, -0.2) is 28.2 Å². The molecular formula is C16H12Cl2N4O3. The molecule has 0 radical (unpaired) electrons. The summed E-state index contributed by atoms with van der Waals surface area (Å²) in [6.07, 6.45) is 3.24. The van der Waals surface area contributed by atoms with Gasteiger partial charge in [-0.2, -0.15) is 0 Å². The zero-order valence-electron chi connectivity index (χ0n) is 13.0. The Morgan fingerprint density at radius 1 is 1.16 bits per heavy atom. The molecule has 0 aliphatic carbocycles. The Kier molecular flexibility index (Phi) is 5.16. The Labute approximate surface area is 152 Å². The first-order chi connectivity index (χ1) is 12.1. The minimum Gasteiger partial charge on any atom is -0.494 e. The molecule has 2 aromatic heterocycles. The van der Waals surface area contributed by atoms with Crippen molar-refractivity contribution in [1.82, 2.24) is 20.5 Å². The third-order valence-corrected chi connectivity index (χ3v) is 3.90. The predicted octanol–water partition coefficient (Wildman–Crippen LogP) is 3.38. The maximum Gasteiger partial charge on any atom is 0.257 e. The van der Waals surface area contributed by atoms with Crippen LogP contribution in [0, 0.1) is 0 Å². The predicted molar refractivity (Wildman–Crippen MR) is 91.7 cm³/mol. The summed E-state index contributed by atoms with van der Waals surface area (Å²) < 4.78 is 10.7. The standard InChI is InChI=1S/C16H12Cl2N4O3/c1-24-14-11(18)3-2-10(17)13(14)15(23)20-8-12-21-22-16(25-12)9-4-6-19-7-5-9/h2-7H,8H2,1H3,(H,20,23). The van der Waals surface area contributed by atoms with Crippen molar-refractivity contribution in [3.05, 3.63) is 58.2 Å². The molecule has 0 spiro atoms. The van der Waals surface area contributed by atoms with Crippen LogP contribution in [0.4, 0.5) is 0 Å². The van der Waals surface area contributed by atoms with Gasteiger partial charge in [0.05, 0.1) is 23.7 Å². The Balaban J connectivity index is 1.74. The number of halogens is 2. The average molecular weight is 379 g/mol. The molecule has 25 heavy (non-hydrogen) atoms. The van der Waals surface area contributed by atoms with Crippen LogP contribution in [0.15, 0.2) is 41.1 Å². The highest BCUT2D eigenvalue weighted by Gasteiger charge is 2.20. The molecule has 9 heteroatoms. The lowest BCUT2D eigenvalue weighted by Gasteiger charge is -2.11. The number of methoxy groups -OCH3 is 1. The molecule has 0 saturated heterocycles. The van der Waals surface area contributed by atoms with Gasteiger partial charge in [-0.25, -0.2) is 0 Å². The summed E-state index contributed by atoms with van der Waals surface area (Å²) in [6.45, 7) is 0.0307. The van der Waals surface area contributed by atoms with Gasteiger partial charge < -0.3 is 14.5 Å². The number of benzene rings is 1. The van der Waals surface area contributed by atoms with E-state index in [4.69, 9.17) is 32.4 Å². The summed E-state index contributed by atoms with van der Waals surface area (Å²) in [5.74, 6) is 0.324. The van der Waals surface area contributed by atoms with E-state index >= 15 is 0 Å². The smallest absolute Gasteiger partial charge is 0.257 e. The Morgan fingerprint density at radius 2 is 1.88 bits per heavy atom. The number of hydrogen-bond donors (Lipinski definition) is 1. The van der Waals surface area contributed by atoms with Crippen molar-refractivity contribution < 1.29 is 13.9 Å². The van der Waals surface area contributed by atoms with Crippen molar-refractivity contribution >= 4 is 29.1 Å². The number of ether oxygens (including phenoxy) is 1. The maximum absolute atomic E-state index is 12.4. The normalized spacial score (nSPS) is 10.5. The van der Waals surface area contributed by atoms with Crippen LogP contribution < -0.4 is 10.1 Å². The maximum atomic E-state index is 12.4. The molecule has 0 unspecified atom stereocenters. The third kappa shape index (κ3) is 3.72. The second-order valence-electron chi connectivity index (χ2n) is 4.86. The van der Waals surface area contributed by atoms with E-state index in [1.165, 1.54) is 13.2 Å². The van der Waals surface area contributed by atoms with Gasteiger partial charge in [0.15, 0.2) is 5.75 Å². The molecule has 1 amide bonds. The number of hydrogen-bond acceptors (Lipinski definition) is 6. The lowest BCUT2D eigenvalue weighted by molar-refractivity contribution is 0.0944. The molecule has 7 nitrogen and oxygen atoms in total. The van der Waals surface area contributed by atoms with Crippen molar-refractivity contribution in [2.45, 2.75) is 6.54 Å². The van der Waals surface area contributed by atoms with E-state index in [0.29, 0.717) is 5.89 Å². The summed E-state index contributed by atoms with van der Waals surface area (Å²) in [6, 6.07) is 6.56. The lowest BCUT2D eigenvalue weighted by Crippen LogP contribution is -2.24. The lowest BCUT2D eigenvalue weighted by atomic mass is 10.2. The number of amides is 1. The van der Waals surface area contributed by atoms with Crippen LogP contribution in [0.2, 0.25) is 10.0 Å². The summed E-state index contributed by atoms with van der Waals surface area (Å²) in [4.78, 5) is 16.3. The van der Waals surface area contributed by atoms with Crippen LogP contribution in [0.25, 0.3) is 11.5 Å². The Hall–Kier alpha value is -2.64. The van der Waals surface area contributed by atoms with Gasteiger partial charge in [0.1, 0.15) is 5.56 Å². The summed E-state index contributed by atoms with van der Waals surface area (Å²) in [7, 11) is 1.41. The van der Waals surface area contributed by atoms with E-state index < -0.39 is 5.91 Å². The summed E-state index contributed by atoms with van der Waals surface area (Å²) >= 11 is 12.1. The van der Waals surface area contributed by atoms with E-state index in [-0.39, 0.29) is 33.8 Å². The second kappa shape index (κ2) is 7.50. The fourth-order valence-corrected chi connectivity index (χ4v) is 2.59. The Bertz CT molecular complexity index is 900. The molecule has 0 aliphatic heterocycles. The SMILES string of the molecule is COc1c(Cl)ccc(Cl)c1C(=O)NCc1nnc(-c2ccncc2)o1. The fraction of sp³-hybridized carbons (Fsp3) is 0.125. The van der Waals surface area contributed by atoms with Crippen molar-refractivity contribution in [2.24, 2.45) is 0 Å². The van der Waals surface area contributed by atoms with E-state index in [9.17, 15) is 4.79 Å². The minimum atomic E-state index is -0.465. The monoisotopic (exact) mass is 378 g/mol. The van der Waals surface area contributed by atoms with Crippen molar-refractivity contribution in [3.8, 4) is 17.2 Å². The van der Waals surface area contributed by atoms with Gasteiger partial charge in [-0.05, 0) is 24.3 Å². The van der Waals surface area contributed by atoms with E-state index in [1.54, 1.807) is 30.6 Å². The molecule has 0 bridgehead atoms. The van der Waals surface area contributed by atoms with Gasteiger partial charge in [-0.15, -0.1) is 10.2 Å². The van der Waals surface area contributed by atoms with E-state index in [1.807, 2.05) is 0 Å². The highest BCUT2D eigenvalue weighted by molar-refractivity contribution is 6.37. The number of nitrogens with zero attached hydrogens (tertiary/aromatic N) is 3. The number of pyridine rings is 1. The first-order valence-electron chi connectivity index (χ1n) is 7.13. The minimum absolute atomic E-state index is 0.0307. The molecule has 3 rings (SSSR count). The third-order valence-electron chi connectivity index (χ3n) is 3.28. The molecule has 0 saturated carbocycles. The van der Waals surface area contributed by atoms with Crippen LogP contribution in [-0.2, 0) is 6.54 Å². The molecule has 3 aromatic rings. The second-order valence-corrected chi connectivity index (χ2v) is 5.67. The van der Waals surface area contributed by atoms with Crippen LogP contribution in [0.3, 0.4) is 0 Å². The molecule has 0 aliphatic rings. The van der Waals surface area contributed by atoms with E-state index in [0.717, 1.165) is 5.56 Å². The van der Waals surface area contributed by atoms with Crippen LogP contribution in [0.5, 0.6) is 5.75 Å². The van der Waals surface area contributed by atoms with Gasteiger partial charge in [-0.1, -0.05) is 23.2 Å². The molecule has 0 atom stereocenters. The topological polar surface area (TPSA) is 90.1 Å². The number of carbonyl (C=O) groups is 1. The van der Waals surface area contributed by atoms with Crippen LogP contribution >= 0.6 is 23.2 Å². The number of rotatable bonds is 5. The fourth-order valence-electron chi connectivity index (χ4n) is 2.12. The summed E-state index contributed by atoms with van der Waals surface area (Å²) in [5, 5.41) is 11.0. The van der Waals surface area contributed by atoms with Gasteiger partial charge in [0.25, 0.3) is 5.91 Å². The molecule has 128 valence electrons. The highest BCUT2D eigenvalue weighted by Crippen LogP contribution is 2.33. The Morgan fingerprint density at radius 3 is 2.60 bits per heavy atom. The van der Waals surface area contributed by atoms with Crippen molar-refractivity contribution in [3.63, 3.8) is 0 Å². The van der Waals surface area contributed by atoms with Gasteiger partial charge in [0, 0.05) is 18.0 Å². The van der Waals surface area contributed by atoms with Crippen LogP contribution in [0.1, 0.15) is 16.2 Å². The molecule has 1 N–H and O–H groups in total. The largest absolute Gasteiger partial charge is 0.494 e. The molecule has 0 fully saturated rings. The zero-order chi connectivity index (χ0) is 17.8. The van der Waals surface area contributed by atoms with Gasteiger partial charge in [-0.3, -0.25) is 9.78 Å². The van der Waals surface area contributed by atoms with Gasteiger partial charge >= 0.3 is 0 Å². The number of aromatic nitrogens is 3. The van der Waals surface area contributed by atoms with Gasteiger partial charge in [0.2, 0.25) is 11.8 Å². The van der Waals surface area contributed by atoms with Crippen molar-refractivity contribution in [1.29, 1.82) is 0 Å². The first-order valence-corrected chi connectivity index (χ1v) is 7.88. The first kappa shape index (κ1) is 17.2. The number of nitrogens with one attached hydrogen (secondary N) is 1. The number of carbonyl (C=O) groups excluding carboxylic acids is 1. The van der Waals surface area contributed by atoms with Crippen molar-refractivity contribution in [2.75, 3.05) is 7.11 Å². The van der Waals surface area contributed by atoms with E-state index in [2.05, 4.69) is 20.5 Å².